The van der Waals surface area contributed by atoms with Crippen LogP contribution >= 0.6 is 0 Å². The fourth-order valence-electron chi connectivity index (χ4n) is 3.07. The van der Waals surface area contributed by atoms with Crippen LogP contribution in [0, 0.1) is 10.1 Å². The van der Waals surface area contributed by atoms with Gasteiger partial charge < -0.3 is 10.1 Å². The van der Waals surface area contributed by atoms with Crippen LogP contribution in [-0.2, 0) is 14.3 Å². The third-order valence-corrected chi connectivity index (χ3v) is 4.85. The molecule has 3 aromatic rings. The maximum atomic E-state index is 12.4. The Kier molecular flexibility index (Phi) is 6.07. The van der Waals surface area contributed by atoms with E-state index in [1.54, 1.807) is 4.68 Å². The summed E-state index contributed by atoms with van der Waals surface area (Å²) in [5.41, 5.74) is 2.29. The summed E-state index contributed by atoms with van der Waals surface area (Å²) in [7, 11) is 0. The molecule has 162 valence electrons. The van der Waals surface area contributed by atoms with Gasteiger partial charge in [-0.25, -0.2) is 9.48 Å². The molecule has 0 unspecified atom stereocenters. The highest BCUT2D eigenvalue weighted by Gasteiger charge is 2.28. The van der Waals surface area contributed by atoms with Gasteiger partial charge in [0, 0.05) is 30.2 Å². The minimum absolute atomic E-state index is 0.0408. The minimum atomic E-state index is -0.700. The van der Waals surface area contributed by atoms with Crippen LogP contribution < -0.4 is 5.32 Å². The van der Waals surface area contributed by atoms with E-state index in [2.05, 4.69) is 10.4 Å². The first kappa shape index (κ1) is 21.0. The van der Waals surface area contributed by atoms with E-state index < -0.39 is 23.4 Å². The van der Waals surface area contributed by atoms with Gasteiger partial charge in [0.1, 0.15) is 5.82 Å². The molecule has 0 bridgehead atoms. The van der Waals surface area contributed by atoms with Gasteiger partial charge in [-0.2, -0.15) is 5.10 Å². The Bertz CT molecular complexity index is 1160. The van der Waals surface area contributed by atoms with Gasteiger partial charge in [-0.3, -0.25) is 14.9 Å². The second-order valence-electron chi connectivity index (χ2n) is 7.31. The first-order valence-electron chi connectivity index (χ1n) is 10.0. The number of ether oxygens (including phenoxy) is 1. The van der Waals surface area contributed by atoms with Crippen molar-refractivity contribution in [3.8, 4) is 5.69 Å². The van der Waals surface area contributed by atoms with Gasteiger partial charge in [0.15, 0.2) is 6.61 Å². The molecule has 9 nitrogen and oxygen atoms in total. The smallest absolute Gasteiger partial charge is 0.331 e. The Balaban J connectivity index is 1.35. The minimum Gasteiger partial charge on any atom is -0.452 e. The number of rotatable bonds is 8. The topological polar surface area (TPSA) is 116 Å². The number of non-ortho nitro benzene ring substituents is 1. The number of anilines is 1. The lowest BCUT2D eigenvalue weighted by atomic mass is 10.2. The van der Waals surface area contributed by atoms with Crippen molar-refractivity contribution in [3.63, 3.8) is 0 Å². The third-order valence-electron chi connectivity index (χ3n) is 4.85. The second kappa shape index (κ2) is 9.25. The van der Waals surface area contributed by atoms with E-state index >= 15 is 0 Å². The molecule has 9 heteroatoms. The summed E-state index contributed by atoms with van der Waals surface area (Å²) in [5.74, 6) is -0.256. The predicted octanol–water partition coefficient (Wildman–Crippen LogP) is 3.85. The molecular formula is C23H20N4O5. The van der Waals surface area contributed by atoms with Crippen LogP contribution in [0.1, 0.15) is 30.0 Å². The SMILES string of the molecule is O=C(COC(=O)/C=C/c1ccc([N+](=O)[O-])cc1)Nc1cc(C2CC2)nn1-c1ccccc1. The monoisotopic (exact) mass is 432 g/mol. The summed E-state index contributed by atoms with van der Waals surface area (Å²) in [5, 5.41) is 18.0. The van der Waals surface area contributed by atoms with Crippen molar-refractivity contribution in [1.29, 1.82) is 0 Å². The van der Waals surface area contributed by atoms with E-state index in [0.717, 1.165) is 30.3 Å². The largest absolute Gasteiger partial charge is 0.452 e. The van der Waals surface area contributed by atoms with Crippen LogP contribution in [0.2, 0.25) is 0 Å². The van der Waals surface area contributed by atoms with E-state index in [0.29, 0.717) is 17.3 Å². The first-order chi connectivity index (χ1) is 15.5. The highest BCUT2D eigenvalue weighted by molar-refractivity contribution is 5.94. The van der Waals surface area contributed by atoms with Crippen molar-refractivity contribution in [2.45, 2.75) is 18.8 Å². The third kappa shape index (κ3) is 5.25. The fraction of sp³-hybridized carbons (Fsp3) is 0.174. The average Bonchev–Trinajstić information content (AvgIpc) is 3.57. The number of amides is 1. The lowest BCUT2D eigenvalue weighted by Gasteiger charge is -2.08. The van der Waals surface area contributed by atoms with Crippen molar-refractivity contribution in [3.05, 3.63) is 88.1 Å². The number of nitro groups is 1. The number of benzene rings is 2. The van der Waals surface area contributed by atoms with Crippen molar-refractivity contribution >= 4 is 29.5 Å². The average molecular weight is 432 g/mol. The number of hydrogen-bond acceptors (Lipinski definition) is 6. The molecule has 0 aliphatic heterocycles. The van der Waals surface area contributed by atoms with Crippen molar-refractivity contribution in [2.24, 2.45) is 0 Å². The van der Waals surface area contributed by atoms with Crippen LogP contribution in [0.5, 0.6) is 0 Å². The molecule has 1 fully saturated rings. The van der Waals surface area contributed by atoms with Gasteiger partial charge in [0.2, 0.25) is 0 Å². The molecule has 32 heavy (non-hydrogen) atoms. The zero-order valence-electron chi connectivity index (χ0n) is 17.0. The van der Waals surface area contributed by atoms with Crippen molar-refractivity contribution in [1.82, 2.24) is 9.78 Å². The normalized spacial score (nSPS) is 13.1. The molecule has 1 aliphatic carbocycles. The Labute approximate surface area is 183 Å². The number of esters is 1. The molecule has 1 heterocycles. The molecule has 2 aromatic carbocycles. The van der Waals surface area contributed by atoms with Crippen molar-refractivity contribution in [2.75, 3.05) is 11.9 Å². The Hall–Kier alpha value is -4.27. The van der Waals surface area contributed by atoms with E-state index in [1.807, 2.05) is 36.4 Å². The number of nitrogens with one attached hydrogen (secondary N) is 1. The summed E-state index contributed by atoms with van der Waals surface area (Å²) < 4.78 is 6.66. The number of carbonyl (C=O) groups is 2. The van der Waals surface area contributed by atoms with E-state index in [4.69, 9.17) is 4.74 Å². The molecule has 0 spiro atoms. The zero-order chi connectivity index (χ0) is 22.5. The molecule has 0 atom stereocenters. The van der Waals surface area contributed by atoms with Crippen LogP contribution in [-0.4, -0.2) is 33.2 Å². The zero-order valence-corrected chi connectivity index (χ0v) is 17.0. The van der Waals surface area contributed by atoms with Gasteiger partial charge in [0.05, 0.1) is 16.3 Å². The molecule has 0 radical (unpaired) electrons. The van der Waals surface area contributed by atoms with Crippen LogP contribution in [0.25, 0.3) is 11.8 Å². The van der Waals surface area contributed by atoms with Crippen LogP contribution in [0.3, 0.4) is 0 Å². The lowest BCUT2D eigenvalue weighted by Crippen LogP contribution is -2.21. The highest BCUT2D eigenvalue weighted by atomic mass is 16.6. The summed E-state index contributed by atoms with van der Waals surface area (Å²) in [6, 6.07) is 17.0. The lowest BCUT2D eigenvalue weighted by molar-refractivity contribution is -0.384. The van der Waals surface area contributed by atoms with E-state index in [-0.39, 0.29) is 5.69 Å². The molecule has 1 aromatic heterocycles. The van der Waals surface area contributed by atoms with Crippen molar-refractivity contribution < 1.29 is 19.2 Å². The maximum absolute atomic E-state index is 12.4. The number of nitro benzene ring substituents is 1. The standard InChI is InChI=1S/C23H20N4O5/c28-22(15-32-23(29)13-8-16-6-11-19(12-7-16)27(30)31)24-21-14-20(17-9-10-17)25-26(21)18-4-2-1-3-5-18/h1-8,11-14,17H,9-10,15H2,(H,24,28)/b13-8+. The Morgan fingerprint density at radius 3 is 2.53 bits per heavy atom. The summed E-state index contributed by atoms with van der Waals surface area (Å²) in [6.07, 6.45) is 4.78. The molecule has 4 rings (SSSR count). The molecule has 1 amide bonds. The second-order valence-corrected chi connectivity index (χ2v) is 7.31. The fourth-order valence-corrected chi connectivity index (χ4v) is 3.07. The van der Waals surface area contributed by atoms with Crippen LogP contribution in [0.15, 0.2) is 66.7 Å². The van der Waals surface area contributed by atoms with Gasteiger partial charge in [0.25, 0.3) is 11.6 Å². The quantitative estimate of drug-likeness (QED) is 0.250. The summed E-state index contributed by atoms with van der Waals surface area (Å²) >= 11 is 0. The summed E-state index contributed by atoms with van der Waals surface area (Å²) in [6.45, 7) is -0.456. The number of nitrogens with zero attached hydrogens (tertiary/aromatic N) is 3. The Morgan fingerprint density at radius 1 is 1.16 bits per heavy atom. The molecule has 1 aliphatic rings. The maximum Gasteiger partial charge on any atom is 0.331 e. The molecular weight excluding hydrogens is 412 g/mol. The van der Waals surface area contributed by atoms with Crippen LogP contribution in [0.4, 0.5) is 11.5 Å². The molecule has 0 saturated heterocycles. The molecule has 1 N–H and O–H groups in total. The van der Waals surface area contributed by atoms with E-state index in [1.165, 1.54) is 30.3 Å². The number of aromatic nitrogens is 2. The Morgan fingerprint density at radius 2 is 1.88 bits per heavy atom. The molecule has 1 saturated carbocycles. The van der Waals surface area contributed by atoms with Gasteiger partial charge >= 0.3 is 5.97 Å². The van der Waals surface area contributed by atoms with E-state index in [9.17, 15) is 19.7 Å². The number of carbonyl (C=O) groups excluding carboxylic acids is 2. The number of hydrogen-bond donors (Lipinski definition) is 1. The highest BCUT2D eigenvalue weighted by Crippen LogP contribution is 2.40. The van der Waals surface area contributed by atoms with Gasteiger partial charge in [-0.15, -0.1) is 0 Å². The summed E-state index contributed by atoms with van der Waals surface area (Å²) in [4.78, 5) is 34.4. The van der Waals surface area contributed by atoms with Gasteiger partial charge in [-0.05, 0) is 48.7 Å². The predicted molar refractivity (Wildman–Crippen MR) is 117 cm³/mol. The van der Waals surface area contributed by atoms with Gasteiger partial charge in [-0.1, -0.05) is 18.2 Å². The first-order valence-corrected chi connectivity index (χ1v) is 10.0. The number of para-hydroxylation sites is 1.